The molecule has 1 N–H and O–H groups in total. The first-order valence-corrected chi connectivity index (χ1v) is 9.24. The van der Waals surface area contributed by atoms with E-state index in [0.717, 1.165) is 32.5 Å². The average molecular weight is 360 g/mol. The molecule has 26 heavy (non-hydrogen) atoms. The number of hydrogen-bond donors (Lipinski definition) is 1. The molecule has 7 heteroatoms. The first-order chi connectivity index (χ1) is 12.6. The zero-order chi connectivity index (χ0) is 18.4. The van der Waals surface area contributed by atoms with E-state index in [9.17, 15) is 9.18 Å². The van der Waals surface area contributed by atoms with E-state index in [0.29, 0.717) is 30.1 Å². The Balaban J connectivity index is 1.43. The Labute approximate surface area is 152 Å². The summed E-state index contributed by atoms with van der Waals surface area (Å²) >= 11 is 0. The fraction of sp³-hybridized carbons (Fsp3) is 0.526. The highest BCUT2D eigenvalue weighted by molar-refractivity contribution is 5.76. The number of aromatic nitrogens is 2. The lowest BCUT2D eigenvalue weighted by Crippen LogP contribution is -2.44. The summed E-state index contributed by atoms with van der Waals surface area (Å²) in [4.78, 5) is 18.9. The molecule has 0 unspecified atom stereocenters. The molecule has 0 bridgehead atoms. The molecule has 1 aliphatic rings. The van der Waals surface area contributed by atoms with Crippen LogP contribution in [0.15, 0.2) is 28.8 Å². The van der Waals surface area contributed by atoms with Gasteiger partial charge in [0.25, 0.3) is 0 Å². The minimum absolute atomic E-state index is 0.0143. The first-order valence-electron chi connectivity index (χ1n) is 9.24. The molecule has 0 saturated carbocycles. The van der Waals surface area contributed by atoms with E-state index in [1.165, 1.54) is 18.6 Å². The standard InChI is InChI=1S/C19H25FN4O2/c1-2-11-24-12-9-16(10-13-24)21-17(25)7-8-18-22-19(23-26-18)14-3-5-15(20)6-4-14/h3-6,16H,2,7-13H2,1H3,(H,21,25). The third-order valence-corrected chi connectivity index (χ3v) is 4.63. The van der Waals surface area contributed by atoms with Gasteiger partial charge in [0.1, 0.15) is 5.82 Å². The van der Waals surface area contributed by atoms with Gasteiger partial charge >= 0.3 is 0 Å². The summed E-state index contributed by atoms with van der Waals surface area (Å²) in [5, 5.41) is 6.99. The van der Waals surface area contributed by atoms with Gasteiger partial charge in [0.05, 0.1) is 0 Å². The monoisotopic (exact) mass is 360 g/mol. The molecular formula is C19H25FN4O2. The van der Waals surface area contributed by atoms with Crippen LogP contribution in [0.1, 0.15) is 38.5 Å². The summed E-state index contributed by atoms with van der Waals surface area (Å²) in [6, 6.07) is 6.16. The Morgan fingerprint density at radius 1 is 1.31 bits per heavy atom. The van der Waals surface area contributed by atoms with E-state index in [2.05, 4.69) is 27.3 Å². The predicted molar refractivity (Wildman–Crippen MR) is 95.9 cm³/mol. The van der Waals surface area contributed by atoms with Crippen LogP contribution < -0.4 is 5.32 Å². The van der Waals surface area contributed by atoms with Gasteiger partial charge in [-0.15, -0.1) is 0 Å². The van der Waals surface area contributed by atoms with Crippen LogP contribution >= 0.6 is 0 Å². The van der Waals surface area contributed by atoms with Crippen LogP contribution in [-0.4, -0.2) is 46.6 Å². The molecule has 0 atom stereocenters. The van der Waals surface area contributed by atoms with Crippen molar-refractivity contribution in [2.24, 2.45) is 0 Å². The molecule has 6 nitrogen and oxygen atoms in total. The number of halogens is 1. The lowest BCUT2D eigenvalue weighted by Gasteiger charge is -2.32. The second-order valence-electron chi connectivity index (χ2n) is 6.70. The number of benzene rings is 1. The third kappa shape index (κ3) is 5.11. The molecule has 0 spiro atoms. The van der Waals surface area contributed by atoms with Crippen molar-refractivity contribution < 1.29 is 13.7 Å². The van der Waals surface area contributed by atoms with Crippen LogP contribution in [-0.2, 0) is 11.2 Å². The molecule has 2 aromatic rings. The topological polar surface area (TPSA) is 71.3 Å². The number of likely N-dealkylation sites (tertiary alicyclic amines) is 1. The molecule has 0 aliphatic carbocycles. The number of amides is 1. The summed E-state index contributed by atoms with van der Waals surface area (Å²) in [5.41, 5.74) is 0.685. The summed E-state index contributed by atoms with van der Waals surface area (Å²) in [6.07, 6.45) is 3.89. The van der Waals surface area contributed by atoms with Crippen molar-refractivity contribution in [1.29, 1.82) is 0 Å². The molecule has 2 heterocycles. The molecule has 1 aliphatic heterocycles. The molecule has 1 saturated heterocycles. The number of nitrogens with zero attached hydrogens (tertiary/aromatic N) is 3. The molecule has 1 amide bonds. The molecule has 1 aromatic heterocycles. The maximum Gasteiger partial charge on any atom is 0.227 e. The average Bonchev–Trinajstić information content (AvgIpc) is 3.11. The van der Waals surface area contributed by atoms with E-state index in [-0.39, 0.29) is 17.8 Å². The molecule has 140 valence electrons. The van der Waals surface area contributed by atoms with Crippen molar-refractivity contribution >= 4 is 5.91 Å². The lowest BCUT2D eigenvalue weighted by molar-refractivity contribution is -0.122. The fourth-order valence-corrected chi connectivity index (χ4v) is 3.21. The van der Waals surface area contributed by atoms with Gasteiger partial charge in [0.2, 0.25) is 17.6 Å². The molecule has 3 rings (SSSR count). The summed E-state index contributed by atoms with van der Waals surface area (Å²) < 4.78 is 18.1. The Morgan fingerprint density at radius 2 is 2.04 bits per heavy atom. The fourth-order valence-electron chi connectivity index (χ4n) is 3.21. The van der Waals surface area contributed by atoms with E-state index >= 15 is 0 Å². The first kappa shape index (κ1) is 18.5. The zero-order valence-electron chi connectivity index (χ0n) is 15.1. The van der Waals surface area contributed by atoms with Gasteiger partial charge in [-0.3, -0.25) is 4.79 Å². The van der Waals surface area contributed by atoms with Gasteiger partial charge in [-0.25, -0.2) is 4.39 Å². The van der Waals surface area contributed by atoms with Crippen LogP contribution in [0, 0.1) is 5.82 Å². The van der Waals surface area contributed by atoms with Gasteiger partial charge in [-0.05, 0) is 50.1 Å². The van der Waals surface area contributed by atoms with Crippen LogP contribution in [0.4, 0.5) is 4.39 Å². The number of carbonyl (C=O) groups is 1. The number of rotatable bonds is 7. The second-order valence-corrected chi connectivity index (χ2v) is 6.70. The van der Waals surface area contributed by atoms with Crippen LogP contribution in [0.5, 0.6) is 0 Å². The van der Waals surface area contributed by atoms with Gasteiger partial charge in [-0.2, -0.15) is 4.98 Å². The Bertz CT molecular complexity index is 709. The van der Waals surface area contributed by atoms with Crippen molar-refractivity contribution in [2.75, 3.05) is 19.6 Å². The van der Waals surface area contributed by atoms with E-state index in [1.54, 1.807) is 12.1 Å². The normalized spacial score (nSPS) is 15.9. The largest absolute Gasteiger partial charge is 0.353 e. The van der Waals surface area contributed by atoms with E-state index in [4.69, 9.17) is 4.52 Å². The number of nitrogens with one attached hydrogen (secondary N) is 1. The molecule has 1 aromatic carbocycles. The number of hydrogen-bond acceptors (Lipinski definition) is 5. The number of piperidine rings is 1. The van der Waals surface area contributed by atoms with Crippen molar-refractivity contribution in [2.45, 2.75) is 45.1 Å². The van der Waals surface area contributed by atoms with Crippen LogP contribution in [0.3, 0.4) is 0 Å². The van der Waals surface area contributed by atoms with E-state index in [1.807, 2.05) is 0 Å². The zero-order valence-corrected chi connectivity index (χ0v) is 15.1. The molecule has 0 radical (unpaired) electrons. The van der Waals surface area contributed by atoms with Gasteiger partial charge in [-0.1, -0.05) is 12.1 Å². The highest BCUT2D eigenvalue weighted by Gasteiger charge is 2.20. The third-order valence-electron chi connectivity index (χ3n) is 4.63. The number of aryl methyl sites for hydroxylation is 1. The van der Waals surface area contributed by atoms with Crippen molar-refractivity contribution in [3.63, 3.8) is 0 Å². The maximum absolute atomic E-state index is 13.0. The predicted octanol–water partition coefficient (Wildman–Crippen LogP) is 2.80. The van der Waals surface area contributed by atoms with Gasteiger partial charge in [0.15, 0.2) is 0 Å². The van der Waals surface area contributed by atoms with Crippen LogP contribution in [0.25, 0.3) is 11.4 Å². The minimum atomic E-state index is -0.310. The Kier molecular flexibility index (Phi) is 6.33. The number of carbonyl (C=O) groups excluding carboxylic acids is 1. The maximum atomic E-state index is 13.0. The second kappa shape index (κ2) is 8.89. The quantitative estimate of drug-likeness (QED) is 0.822. The highest BCUT2D eigenvalue weighted by Crippen LogP contribution is 2.17. The highest BCUT2D eigenvalue weighted by atomic mass is 19.1. The van der Waals surface area contributed by atoms with Crippen LogP contribution in [0.2, 0.25) is 0 Å². The van der Waals surface area contributed by atoms with Gasteiger partial charge < -0.3 is 14.7 Å². The van der Waals surface area contributed by atoms with Crippen molar-refractivity contribution in [3.05, 3.63) is 36.0 Å². The molecular weight excluding hydrogens is 335 g/mol. The summed E-state index contributed by atoms with van der Waals surface area (Å²) in [6.45, 7) is 5.41. The Hall–Kier alpha value is -2.28. The molecule has 1 fully saturated rings. The minimum Gasteiger partial charge on any atom is -0.353 e. The summed E-state index contributed by atoms with van der Waals surface area (Å²) in [7, 11) is 0. The lowest BCUT2D eigenvalue weighted by atomic mass is 10.0. The van der Waals surface area contributed by atoms with Crippen molar-refractivity contribution in [1.82, 2.24) is 20.4 Å². The van der Waals surface area contributed by atoms with Crippen molar-refractivity contribution in [3.8, 4) is 11.4 Å². The Morgan fingerprint density at radius 3 is 2.73 bits per heavy atom. The SMILES string of the molecule is CCCN1CCC(NC(=O)CCc2nc(-c3ccc(F)cc3)no2)CC1. The smallest absolute Gasteiger partial charge is 0.227 e. The van der Waals surface area contributed by atoms with E-state index < -0.39 is 0 Å². The summed E-state index contributed by atoms with van der Waals surface area (Å²) in [5.74, 6) is 0.524. The van der Waals surface area contributed by atoms with Gasteiger partial charge in [0, 0.05) is 37.5 Å².